The van der Waals surface area contributed by atoms with Crippen LogP contribution >= 0.6 is 0 Å². The van der Waals surface area contributed by atoms with E-state index in [1.54, 1.807) is 0 Å². The van der Waals surface area contributed by atoms with Gasteiger partial charge in [-0.1, -0.05) is 210 Å². The molecule has 0 N–H and O–H groups in total. The Kier molecular flexibility index (Phi) is 8.74. The van der Waals surface area contributed by atoms with Crippen LogP contribution < -0.4 is 0 Å². The van der Waals surface area contributed by atoms with Gasteiger partial charge < -0.3 is 18.3 Å². The smallest absolute Gasteiger partial charge is 0.104 e. The molecular formula is C74H48N6. The molecule has 4 aromatic heterocycles. The summed E-state index contributed by atoms with van der Waals surface area (Å²) in [5.41, 5.74) is 19.9. The zero-order chi connectivity index (χ0) is 53.5. The first kappa shape index (κ1) is 44.7. The molecule has 0 atom stereocenters. The molecule has 80 heavy (non-hydrogen) atoms. The van der Waals surface area contributed by atoms with Crippen molar-refractivity contribution in [1.29, 1.82) is 10.5 Å². The Morgan fingerprint density at radius 2 is 0.562 bits per heavy atom. The van der Waals surface area contributed by atoms with Crippen molar-refractivity contribution < 1.29 is 0 Å². The summed E-state index contributed by atoms with van der Waals surface area (Å²) in [7, 11) is 0. The van der Waals surface area contributed by atoms with Crippen LogP contribution in [-0.2, 0) is 10.8 Å². The van der Waals surface area contributed by atoms with Crippen LogP contribution in [0.3, 0.4) is 0 Å². The fourth-order valence-electron chi connectivity index (χ4n) is 15.2. The van der Waals surface area contributed by atoms with Crippen molar-refractivity contribution >= 4 is 87.2 Å². The molecule has 0 spiro atoms. The molecule has 0 unspecified atom stereocenters. The minimum absolute atomic E-state index is 0.391. The number of para-hydroxylation sites is 6. The standard InChI is InChI=1S/C74H48N6/c1-73(2)57-29-13-5-21-43(57)51-37-39-53-49-27-11-19-35-63(49)79(68(53)65(51)73)67-55(41-75)70(77-59-31-15-7-23-45(59)46-24-8-16-32-60(46)77)72(71(56(67)42-76)78-61-33-17-9-25-47(61)48-26-10-18-34-62(48)78)80-64-36-20-12-28-50(64)54-40-38-52-44-22-6-14-30-58(44)74(3,4)66(52)69(54)80/h5-40H,1-4H3. The van der Waals surface area contributed by atoms with E-state index in [0.717, 1.165) is 98.5 Å². The van der Waals surface area contributed by atoms with Crippen LogP contribution in [0.15, 0.2) is 218 Å². The summed E-state index contributed by atoms with van der Waals surface area (Å²) < 4.78 is 9.48. The quantitative estimate of drug-likeness (QED) is 0.176. The maximum Gasteiger partial charge on any atom is 0.104 e. The van der Waals surface area contributed by atoms with Crippen molar-refractivity contribution in [3.8, 4) is 57.1 Å². The summed E-state index contributed by atoms with van der Waals surface area (Å²) in [5.74, 6) is 0. The molecule has 0 bridgehead atoms. The minimum Gasteiger partial charge on any atom is -0.306 e. The third-order valence-electron chi connectivity index (χ3n) is 18.4. The minimum atomic E-state index is -0.448. The van der Waals surface area contributed by atoms with Crippen LogP contribution in [0.1, 0.15) is 61.1 Å². The van der Waals surface area contributed by atoms with Crippen molar-refractivity contribution in [2.75, 3.05) is 0 Å². The lowest BCUT2D eigenvalue weighted by molar-refractivity contribution is 0.663. The second-order valence-electron chi connectivity index (χ2n) is 22.9. The summed E-state index contributed by atoms with van der Waals surface area (Å²) in [6.07, 6.45) is 0. The van der Waals surface area contributed by atoms with E-state index in [4.69, 9.17) is 0 Å². The highest BCUT2D eigenvalue weighted by Crippen LogP contribution is 2.57. The molecular weight excluding hydrogens is 973 g/mol. The second-order valence-corrected chi connectivity index (χ2v) is 22.9. The molecule has 6 heteroatoms. The zero-order valence-electron chi connectivity index (χ0n) is 44.5. The highest BCUT2D eigenvalue weighted by Gasteiger charge is 2.43. The number of hydrogen-bond donors (Lipinski definition) is 0. The Labute approximate surface area is 461 Å². The third-order valence-corrected chi connectivity index (χ3v) is 18.4. The summed E-state index contributed by atoms with van der Waals surface area (Å²) >= 11 is 0. The zero-order valence-corrected chi connectivity index (χ0v) is 44.5. The van der Waals surface area contributed by atoms with Gasteiger partial charge in [0, 0.05) is 53.9 Å². The summed E-state index contributed by atoms with van der Waals surface area (Å²) in [5, 5.41) is 34.4. The van der Waals surface area contributed by atoms with Crippen molar-refractivity contribution in [2.45, 2.75) is 38.5 Å². The lowest BCUT2D eigenvalue weighted by Gasteiger charge is -2.29. The highest BCUT2D eigenvalue weighted by molar-refractivity contribution is 6.18. The molecule has 2 aliphatic rings. The second kappa shape index (κ2) is 15.6. The van der Waals surface area contributed by atoms with Gasteiger partial charge in [0.25, 0.3) is 0 Å². The topological polar surface area (TPSA) is 67.3 Å². The van der Waals surface area contributed by atoms with E-state index in [2.05, 4.69) is 276 Å². The molecule has 15 aromatic rings. The number of hydrogen-bond acceptors (Lipinski definition) is 2. The lowest BCUT2D eigenvalue weighted by Crippen LogP contribution is -2.20. The number of nitrogens with zero attached hydrogens (tertiary/aromatic N) is 6. The average Bonchev–Trinajstić information content (AvgIpc) is 4.40. The Hall–Kier alpha value is -10.4. The van der Waals surface area contributed by atoms with Gasteiger partial charge in [-0.2, -0.15) is 10.5 Å². The number of benzene rings is 11. The molecule has 11 aromatic carbocycles. The molecule has 2 aliphatic carbocycles. The SMILES string of the molecule is CC1(C)c2ccccc2-c2ccc3c4ccccc4n(-c4c(C#N)c(-n5c6ccccc6c6ccccc65)c(-n5c6ccccc6c6ccc7c(c65)C(C)(C)c5ccccc5-7)c(-n5c6ccccc6c6ccccc65)c4C#N)c3c21. The predicted molar refractivity (Wildman–Crippen MR) is 328 cm³/mol. The van der Waals surface area contributed by atoms with Gasteiger partial charge in [0.05, 0.1) is 66.9 Å². The maximum atomic E-state index is 12.9. The van der Waals surface area contributed by atoms with Gasteiger partial charge in [0.15, 0.2) is 0 Å². The van der Waals surface area contributed by atoms with E-state index in [0.29, 0.717) is 28.2 Å². The summed E-state index contributed by atoms with van der Waals surface area (Å²) in [4.78, 5) is 0. The van der Waals surface area contributed by atoms with Crippen molar-refractivity contribution in [3.63, 3.8) is 0 Å². The Balaban J connectivity index is 1.20. The van der Waals surface area contributed by atoms with E-state index >= 15 is 0 Å². The van der Waals surface area contributed by atoms with Gasteiger partial charge in [-0.05, 0) is 80.9 Å². The maximum absolute atomic E-state index is 12.9. The van der Waals surface area contributed by atoms with Gasteiger partial charge >= 0.3 is 0 Å². The van der Waals surface area contributed by atoms with Crippen molar-refractivity contribution in [2.24, 2.45) is 0 Å². The van der Waals surface area contributed by atoms with E-state index in [-0.39, 0.29) is 0 Å². The molecule has 0 fully saturated rings. The third kappa shape index (κ3) is 5.40. The normalized spacial score (nSPS) is 13.9. The van der Waals surface area contributed by atoms with Crippen LogP contribution in [0.2, 0.25) is 0 Å². The molecule has 0 saturated carbocycles. The number of nitriles is 2. The molecule has 4 heterocycles. The number of aromatic nitrogens is 4. The molecule has 6 nitrogen and oxygen atoms in total. The molecule has 0 amide bonds. The van der Waals surface area contributed by atoms with Gasteiger partial charge in [0.2, 0.25) is 0 Å². The first-order chi connectivity index (χ1) is 39.2. The van der Waals surface area contributed by atoms with Crippen molar-refractivity contribution in [3.05, 3.63) is 252 Å². The Morgan fingerprint density at radius 3 is 0.912 bits per heavy atom. The summed E-state index contributed by atoms with van der Waals surface area (Å²) in [6, 6.07) is 84.4. The van der Waals surface area contributed by atoms with Crippen molar-refractivity contribution in [1.82, 2.24) is 18.3 Å². The van der Waals surface area contributed by atoms with E-state index < -0.39 is 10.8 Å². The van der Waals surface area contributed by atoms with E-state index in [1.807, 2.05) is 0 Å². The first-order valence-electron chi connectivity index (χ1n) is 27.6. The van der Waals surface area contributed by atoms with E-state index in [9.17, 15) is 10.5 Å². The predicted octanol–water partition coefficient (Wildman–Crippen LogP) is 18.4. The Morgan fingerprint density at radius 1 is 0.275 bits per heavy atom. The summed E-state index contributed by atoms with van der Waals surface area (Å²) in [6.45, 7) is 9.36. The van der Waals surface area contributed by atoms with Crippen LogP contribution in [0, 0.1) is 22.7 Å². The van der Waals surface area contributed by atoms with E-state index in [1.165, 1.54) is 38.9 Å². The first-order valence-corrected chi connectivity index (χ1v) is 27.6. The van der Waals surface area contributed by atoms with Gasteiger partial charge in [0.1, 0.15) is 23.3 Å². The Bertz CT molecular complexity index is 5140. The number of fused-ring (bicyclic) bond motifs is 20. The fourth-order valence-corrected chi connectivity index (χ4v) is 15.2. The molecule has 0 radical (unpaired) electrons. The van der Waals surface area contributed by atoms with Crippen LogP contribution in [0.25, 0.3) is 132 Å². The molecule has 0 saturated heterocycles. The highest BCUT2D eigenvalue weighted by atomic mass is 15.1. The number of rotatable bonds is 4. The van der Waals surface area contributed by atoms with Gasteiger partial charge in [-0.3, -0.25) is 0 Å². The molecule has 374 valence electrons. The monoisotopic (exact) mass is 1020 g/mol. The van der Waals surface area contributed by atoms with Gasteiger partial charge in [-0.15, -0.1) is 0 Å². The van der Waals surface area contributed by atoms with Crippen LogP contribution in [0.5, 0.6) is 0 Å². The lowest BCUT2D eigenvalue weighted by atomic mass is 9.81. The molecule has 17 rings (SSSR count). The molecule has 0 aliphatic heterocycles. The largest absolute Gasteiger partial charge is 0.306 e. The van der Waals surface area contributed by atoms with Crippen LogP contribution in [-0.4, -0.2) is 18.3 Å². The fraction of sp³-hybridized carbons (Fsp3) is 0.0811. The van der Waals surface area contributed by atoms with Gasteiger partial charge in [-0.25, -0.2) is 0 Å². The van der Waals surface area contributed by atoms with Crippen LogP contribution in [0.4, 0.5) is 0 Å². The average molecular weight is 1020 g/mol.